The van der Waals surface area contributed by atoms with Gasteiger partial charge in [-0.15, -0.1) is 0 Å². The Hall–Kier alpha value is -1.58. The van der Waals surface area contributed by atoms with Crippen molar-refractivity contribution in [1.82, 2.24) is 4.98 Å². The van der Waals surface area contributed by atoms with Crippen LogP contribution in [-0.4, -0.2) is 12.0 Å². The predicted octanol–water partition coefficient (Wildman–Crippen LogP) is 1.15. The Morgan fingerprint density at radius 1 is 1.38 bits per heavy atom. The van der Waals surface area contributed by atoms with Crippen molar-refractivity contribution in [2.75, 3.05) is 0 Å². The molecule has 0 radical (unpaired) electrons. The number of aromatic nitrogens is 1. The van der Waals surface area contributed by atoms with Crippen LogP contribution >= 0.6 is 0 Å². The molecule has 1 heterocycles. The fraction of sp³-hybridized carbons (Fsp3) is 0. The van der Waals surface area contributed by atoms with Crippen LogP contribution in [0, 0.1) is 17.1 Å². The molecule has 0 saturated carbocycles. The number of hydrogen-bond donors (Lipinski definition) is 0. The van der Waals surface area contributed by atoms with E-state index in [2.05, 4.69) is 4.98 Å². The van der Waals surface area contributed by atoms with Crippen molar-refractivity contribution in [3.8, 4) is 6.07 Å². The maximum atomic E-state index is 12.6. The Kier molecular flexibility index (Phi) is 2.23. The van der Waals surface area contributed by atoms with Gasteiger partial charge in [-0.25, -0.2) is 9.37 Å². The lowest BCUT2D eigenvalue weighted by molar-refractivity contribution is 0.499. The predicted molar refractivity (Wildman–Crippen MR) is 37.6 cm³/mol. The first-order valence-corrected chi connectivity index (χ1v) is 3.20. The van der Waals surface area contributed by atoms with Gasteiger partial charge in [0.15, 0.2) is 11.5 Å². The molecule has 0 unspecified atom stereocenters. The molecule has 0 aliphatic heterocycles. The van der Waals surface area contributed by atoms with Crippen LogP contribution in [0.2, 0.25) is 0 Å². The van der Waals surface area contributed by atoms with E-state index in [0.29, 0.717) is 6.20 Å². The summed E-state index contributed by atoms with van der Waals surface area (Å²) in [7, 11) is 0. The first kappa shape index (κ1) is 9.51. The van der Waals surface area contributed by atoms with Gasteiger partial charge in [-0.3, -0.25) is 0 Å². The van der Waals surface area contributed by atoms with Gasteiger partial charge in [0.05, 0.1) is 0 Å². The topological polar surface area (TPSA) is 36.7 Å². The molecular formula is C6H2BF4N2-. The molecule has 0 fully saturated rings. The number of nitriles is 1. The van der Waals surface area contributed by atoms with Gasteiger partial charge < -0.3 is 12.9 Å². The third-order valence-corrected chi connectivity index (χ3v) is 1.35. The summed E-state index contributed by atoms with van der Waals surface area (Å²) in [6, 6.07) is 1.60. The molecule has 1 aromatic heterocycles. The minimum absolute atomic E-state index is 0.269. The van der Waals surface area contributed by atoms with Crippen molar-refractivity contribution in [2.24, 2.45) is 0 Å². The summed E-state index contributed by atoms with van der Waals surface area (Å²) < 4.78 is 48.5. The van der Waals surface area contributed by atoms with Crippen LogP contribution < -0.4 is 5.46 Å². The van der Waals surface area contributed by atoms with Crippen molar-refractivity contribution >= 4 is 12.4 Å². The largest absolute Gasteiger partial charge is 0.511 e. The average Bonchev–Trinajstić information content (AvgIpc) is 2.02. The number of pyridine rings is 1. The van der Waals surface area contributed by atoms with Crippen LogP contribution in [0.1, 0.15) is 5.69 Å². The summed E-state index contributed by atoms with van der Waals surface area (Å²) in [6.07, 6.45) is 0.446. The van der Waals surface area contributed by atoms with Gasteiger partial charge >= 0.3 is 6.98 Å². The van der Waals surface area contributed by atoms with Gasteiger partial charge in [-0.1, -0.05) is 5.46 Å². The Morgan fingerprint density at radius 3 is 2.38 bits per heavy atom. The Balaban J connectivity index is 3.20. The molecule has 0 saturated heterocycles. The van der Waals surface area contributed by atoms with Crippen molar-refractivity contribution in [2.45, 2.75) is 0 Å². The van der Waals surface area contributed by atoms with Gasteiger partial charge in [0.25, 0.3) is 0 Å². The average molecular weight is 189 g/mol. The van der Waals surface area contributed by atoms with Crippen molar-refractivity contribution < 1.29 is 17.3 Å². The molecule has 1 rings (SSSR count). The second-order valence-electron chi connectivity index (χ2n) is 2.29. The lowest BCUT2D eigenvalue weighted by Crippen LogP contribution is -2.34. The third-order valence-electron chi connectivity index (χ3n) is 1.35. The Morgan fingerprint density at radius 2 is 2.00 bits per heavy atom. The molecule has 0 aromatic carbocycles. The zero-order valence-electron chi connectivity index (χ0n) is 6.14. The first-order valence-electron chi connectivity index (χ1n) is 3.20. The second-order valence-corrected chi connectivity index (χ2v) is 2.29. The molecule has 0 N–H and O–H groups in total. The maximum Gasteiger partial charge on any atom is 0.511 e. The smallest absolute Gasteiger partial charge is 0.445 e. The normalized spacial score (nSPS) is 11.0. The molecule has 68 valence electrons. The van der Waals surface area contributed by atoms with E-state index in [1.807, 2.05) is 0 Å². The highest BCUT2D eigenvalue weighted by Crippen LogP contribution is 2.09. The zero-order valence-corrected chi connectivity index (χ0v) is 6.14. The summed E-state index contributed by atoms with van der Waals surface area (Å²) in [5, 5.41) is 8.18. The van der Waals surface area contributed by atoms with E-state index in [4.69, 9.17) is 5.26 Å². The molecular weight excluding hydrogens is 187 g/mol. The molecule has 0 atom stereocenters. The van der Waals surface area contributed by atoms with Crippen LogP contribution in [0.5, 0.6) is 0 Å². The quantitative estimate of drug-likeness (QED) is 0.490. The lowest BCUT2D eigenvalue weighted by atomic mass is 9.81. The van der Waals surface area contributed by atoms with E-state index in [9.17, 15) is 17.3 Å². The summed E-state index contributed by atoms with van der Waals surface area (Å²) >= 11 is 0. The van der Waals surface area contributed by atoms with Crippen molar-refractivity contribution in [1.29, 1.82) is 5.26 Å². The van der Waals surface area contributed by atoms with E-state index in [0.717, 1.165) is 0 Å². The second kappa shape index (κ2) is 3.05. The van der Waals surface area contributed by atoms with Crippen molar-refractivity contribution in [3.63, 3.8) is 0 Å². The fourth-order valence-corrected chi connectivity index (χ4v) is 0.714. The van der Waals surface area contributed by atoms with E-state index in [1.165, 1.54) is 6.07 Å². The Bertz CT molecular complexity index is 368. The van der Waals surface area contributed by atoms with Crippen LogP contribution in [-0.2, 0) is 0 Å². The Labute approximate surface area is 70.9 Å². The summed E-state index contributed by atoms with van der Waals surface area (Å²) in [6.45, 7) is -5.26. The summed E-state index contributed by atoms with van der Waals surface area (Å²) in [4.78, 5) is 3.02. The highest BCUT2D eigenvalue weighted by atomic mass is 19.4. The van der Waals surface area contributed by atoms with Gasteiger partial charge in [-0.05, 0) is 6.07 Å². The molecule has 0 aliphatic carbocycles. The lowest BCUT2D eigenvalue weighted by Gasteiger charge is -2.13. The standard InChI is InChI=1S/C6H2BF4N2/c8-5-1-4(7(9,10)11)3-13-6(5)2-12/h1,3H/q-1. The van der Waals surface area contributed by atoms with Gasteiger partial charge in [0.1, 0.15) is 6.07 Å². The maximum absolute atomic E-state index is 12.6. The number of nitrogens with zero attached hydrogens (tertiary/aromatic N) is 2. The third kappa shape index (κ3) is 1.96. The van der Waals surface area contributed by atoms with E-state index in [1.54, 1.807) is 0 Å². The molecule has 2 nitrogen and oxygen atoms in total. The van der Waals surface area contributed by atoms with Crippen LogP contribution in [0.3, 0.4) is 0 Å². The van der Waals surface area contributed by atoms with Gasteiger partial charge in [0, 0.05) is 6.20 Å². The van der Waals surface area contributed by atoms with Crippen LogP contribution in [0.4, 0.5) is 17.3 Å². The SMILES string of the molecule is N#Cc1ncc([B-](F)(F)F)cc1F. The molecule has 0 spiro atoms. The van der Waals surface area contributed by atoms with E-state index >= 15 is 0 Å². The molecule has 0 aliphatic rings. The highest BCUT2D eigenvalue weighted by Gasteiger charge is 2.26. The molecule has 0 amide bonds. The molecule has 13 heavy (non-hydrogen) atoms. The molecule has 1 aromatic rings. The van der Waals surface area contributed by atoms with E-state index < -0.39 is 24.0 Å². The summed E-state index contributed by atoms with van der Waals surface area (Å²) in [5.74, 6) is -1.25. The minimum atomic E-state index is -5.26. The number of hydrogen-bond acceptors (Lipinski definition) is 2. The number of rotatable bonds is 1. The highest BCUT2D eigenvalue weighted by molar-refractivity contribution is 6.73. The van der Waals surface area contributed by atoms with Crippen LogP contribution in [0.25, 0.3) is 0 Å². The van der Waals surface area contributed by atoms with Gasteiger partial charge in [0.2, 0.25) is 0 Å². The monoisotopic (exact) mass is 189 g/mol. The van der Waals surface area contributed by atoms with Crippen LogP contribution in [0.15, 0.2) is 12.3 Å². The minimum Gasteiger partial charge on any atom is -0.445 e. The summed E-state index contributed by atoms with van der Waals surface area (Å²) in [5.41, 5.74) is -1.78. The molecule has 0 bridgehead atoms. The fourth-order valence-electron chi connectivity index (χ4n) is 0.714. The molecule has 7 heteroatoms. The zero-order chi connectivity index (χ0) is 10.1. The number of halogens is 4. The van der Waals surface area contributed by atoms with E-state index in [-0.39, 0.29) is 6.07 Å². The van der Waals surface area contributed by atoms with Gasteiger partial charge in [-0.2, -0.15) is 5.26 Å². The first-order chi connectivity index (χ1) is 5.95. The van der Waals surface area contributed by atoms with Crippen molar-refractivity contribution in [3.05, 3.63) is 23.8 Å².